The Morgan fingerprint density at radius 3 is 0.874 bits per heavy atom. The van der Waals surface area contributed by atoms with Gasteiger partial charge in [-0.3, -0.25) is 37.3 Å². The number of unbranched alkanes of at least 4 members (excludes halogenated alkanes) is 32. The molecule has 0 radical (unpaired) electrons. The number of ether oxygens (including phenoxy) is 4. The molecule has 0 aromatic rings. The Bertz CT molecular complexity index is 1720. The molecular formula is C68H132O17P2. The first-order valence-corrected chi connectivity index (χ1v) is 38.4. The number of aliphatic hydroxyl groups is 1. The first kappa shape index (κ1) is 85.1. The Morgan fingerprint density at radius 2 is 0.586 bits per heavy atom. The quantitative estimate of drug-likeness (QED) is 0.0222. The van der Waals surface area contributed by atoms with E-state index in [1.165, 1.54) is 148 Å². The number of hydrogen-bond donors (Lipinski definition) is 3. The van der Waals surface area contributed by atoms with Crippen LogP contribution in [0.5, 0.6) is 0 Å². The number of rotatable bonds is 66. The molecule has 17 nitrogen and oxygen atoms in total. The minimum Gasteiger partial charge on any atom is -0.462 e. The van der Waals surface area contributed by atoms with Crippen LogP contribution in [0.4, 0.5) is 0 Å². The van der Waals surface area contributed by atoms with Crippen molar-refractivity contribution in [2.45, 2.75) is 356 Å². The molecule has 7 atom stereocenters. The number of carbonyl (C=O) groups excluding carboxylic acids is 4. The highest BCUT2D eigenvalue weighted by atomic mass is 31.2. The van der Waals surface area contributed by atoms with Crippen molar-refractivity contribution in [2.75, 3.05) is 39.6 Å². The van der Waals surface area contributed by atoms with Crippen LogP contribution >= 0.6 is 15.6 Å². The molecule has 0 fully saturated rings. The van der Waals surface area contributed by atoms with Crippen molar-refractivity contribution in [1.29, 1.82) is 0 Å². The molecule has 0 aliphatic carbocycles. The minimum absolute atomic E-state index is 0.103. The third-order valence-corrected chi connectivity index (χ3v) is 18.3. The van der Waals surface area contributed by atoms with Crippen LogP contribution in [0.3, 0.4) is 0 Å². The summed E-state index contributed by atoms with van der Waals surface area (Å²) >= 11 is 0. The highest BCUT2D eigenvalue weighted by Crippen LogP contribution is 2.45. The maximum Gasteiger partial charge on any atom is 0.472 e. The molecule has 0 aromatic carbocycles. The van der Waals surface area contributed by atoms with Crippen LogP contribution in [0.1, 0.15) is 337 Å². The van der Waals surface area contributed by atoms with Gasteiger partial charge in [0, 0.05) is 25.7 Å². The van der Waals surface area contributed by atoms with Crippen LogP contribution in [0.15, 0.2) is 0 Å². The number of aliphatic hydroxyl groups excluding tert-OH is 1. The molecule has 0 spiro atoms. The van der Waals surface area contributed by atoms with Gasteiger partial charge in [0.15, 0.2) is 12.2 Å². The Labute approximate surface area is 530 Å². The molecule has 0 bridgehead atoms. The van der Waals surface area contributed by atoms with Crippen molar-refractivity contribution in [1.82, 2.24) is 0 Å². The van der Waals surface area contributed by atoms with Crippen LogP contribution < -0.4 is 0 Å². The molecule has 87 heavy (non-hydrogen) atoms. The lowest BCUT2D eigenvalue weighted by Crippen LogP contribution is -2.30. The van der Waals surface area contributed by atoms with Crippen molar-refractivity contribution in [2.24, 2.45) is 17.8 Å². The Balaban J connectivity index is 5.24. The zero-order valence-electron chi connectivity index (χ0n) is 56.5. The summed E-state index contributed by atoms with van der Waals surface area (Å²) in [4.78, 5) is 72.4. The van der Waals surface area contributed by atoms with Crippen LogP contribution in [0.25, 0.3) is 0 Å². The van der Waals surface area contributed by atoms with Gasteiger partial charge in [0.05, 0.1) is 26.4 Å². The number of hydrogen-bond acceptors (Lipinski definition) is 15. The Hall–Kier alpha value is -1.94. The van der Waals surface area contributed by atoms with E-state index in [9.17, 15) is 43.2 Å². The van der Waals surface area contributed by atoms with Crippen LogP contribution in [0.2, 0.25) is 0 Å². The number of esters is 4. The second kappa shape index (κ2) is 59.1. The Morgan fingerprint density at radius 1 is 0.333 bits per heavy atom. The molecule has 0 aliphatic rings. The van der Waals surface area contributed by atoms with Crippen molar-refractivity contribution in [3.63, 3.8) is 0 Å². The first-order chi connectivity index (χ1) is 41.8. The fourth-order valence-electron chi connectivity index (χ4n) is 10.1. The van der Waals surface area contributed by atoms with E-state index in [0.717, 1.165) is 108 Å². The molecule has 3 N–H and O–H groups in total. The average Bonchev–Trinajstić information content (AvgIpc) is 3.70. The fraction of sp³-hybridized carbons (Fsp3) is 0.941. The van der Waals surface area contributed by atoms with E-state index in [1.807, 2.05) is 0 Å². The van der Waals surface area contributed by atoms with Crippen molar-refractivity contribution < 1.29 is 80.2 Å². The molecule has 0 amide bonds. The standard InChI is InChI=1S/C68H132O17P2/c1-8-11-12-13-14-20-27-35-42-49-65(70)78-56-64(85-68(73)52-45-38-31-30-34-41-48-61(7)10-3)58-83-87(76,77)81-54-62(69)53-80-86(74,75)82-57-63(55-79-66(71)50-43-36-28-24-23-26-33-40-47-60(6)9-2)84-67(72)51-44-37-29-22-19-17-15-16-18-21-25-32-39-46-59(4)5/h59-64,69H,8-58H2,1-7H3,(H,74,75)(H,76,77)/t60?,61?,62-,63-,64-/m1/s1. The summed E-state index contributed by atoms with van der Waals surface area (Å²) in [6.07, 6.45) is 41.6. The number of carbonyl (C=O) groups is 4. The zero-order valence-corrected chi connectivity index (χ0v) is 58.3. The van der Waals surface area contributed by atoms with Gasteiger partial charge in [-0.1, -0.05) is 286 Å². The number of phosphoric acid groups is 2. The highest BCUT2D eigenvalue weighted by Gasteiger charge is 2.30. The van der Waals surface area contributed by atoms with Gasteiger partial charge in [-0.05, 0) is 43.4 Å². The third kappa shape index (κ3) is 60.1. The second-order valence-corrected chi connectivity index (χ2v) is 28.4. The molecule has 0 rings (SSSR count). The maximum atomic E-state index is 13.0. The van der Waals surface area contributed by atoms with E-state index in [4.69, 9.17) is 37.0 Å². The van der Waals surface area contributed by atoms with Gasteiger partial charge in [0.25, 0.3) is 0 Å². The lowest BCUT2D eigenvalue weighted by atomic mass is 9.99. The predicted molar refractivity (Wildman–Crippen MR) is 349 cm³/mol. The van der Waals surface area contributed by atoms with Gasteiger partial charge < -0.3 is 33.8 Å². The van der Waals surface area contributed by atoms with Crippen molar-refractivity contribution >= 4 is 39.5 Å². The van der Waals surface area contributed by atoms with E-state index >= 15 is 0 Å². The topological polar surface area (TPSA) is 237 Å². The van der Waals surface area contributed by atoms with Crippen LogP contribution in [0, 0.1) is 17.8 Å². The molecule has 4 unspecified atom stereocenters. The molecule has 0 aliphatic heterocycles. The van der Waals surface area contributed by atoms with Gasteiger partial charge in [-0.15, -0.1) is 0 Å². The lowest BCUT2D eigenvalue weighted by molar-refractivity contribution is -0.161. The Kier molecular flexibility index (Phi) is 57.8. The highest BCUT2D eigenvalue weighted by molar-refractivity contribution is 7.47. The monoisotopic (exact) mass is 1280 g/mol. The molecule has 0 aromatic heterocycles. The lowest BCUT2D eigenvalue weighted by Gasteiger charge is -2.21. The summed E-state index contributed by atoms with van der Waals surface area (Å²) in [5.41, 5.74) is 0. The molecule has 19 heteroatoms. The third-order valence-electron chi connectivity index (χ3n) is 16.4. The number of phosphoric ester groups is 2. The summed E-state index contributed by atoms with van der Waals surface area (Å²) < 4.78 is 68.1. The van der Waals surface area contributed by atoms with E-state index in [2.05, 4.69) is 48.5 Å². The van der Waals surface area contributed by atoms with E-state index in [0.29, 0.717) is 25.7 Å². The smallest absolute Gasteiger partial charge is 0.462 e. The van der Waals surface area contributed by atoms with Gasteiger partial charge >= 0.3 is 39.5 Å². The molecule has 0 saturated heterocycles. The van der Waals surface area contributed by atoms with Crippen molar-refractivity contribution in [3.8, 4) is 0 Å². The maximum absolute atomic E-state index is 13.0. The van der Waals surface area contributed by atoms with Crippen LogP contribution in [-0.2, 0) is 65.4 Å². The summed E-state index contributed by atoms with van der Waals surface area (Å²) in [5, 5.41) is 10.6. The molecular weight excluding hydrogens is 1150 g/mol. The van der Waals surface area contributed by atoms with Gasteiger partial charge in [-0.25, -0.2) is 9.13 Å². The van der Waals surface area contributed by atoms with Gasteiger partial charge in [0.1, 0.15) is 19.3 Å². The van der Waals surface area contributed by atoms with E-state index in [1.54, 1.807) is 0 Å². The fourth-order valence-corrected chi connectivity index (χ4v) is 11.7. The van der Waals surface area contributed by atoms with E-state index in [-0.39, 0.29) is 25.7 Å². The van der Waals surface area contributed by atoms with E-state index < -0.39 is 97.5 Å². The van der Waals surface area contributed by atoms with Gasteiger partial charge in [0.2, 0.25) is 0 Å². The minimum atomic E-state index is -4.95. The molecule has 0 saturated carbocycles. The second-order valence-electron chi connectivity index (χ2n) is 25.5. The largest absolute Gasteiger partial charge is 0.472 e. The summed E-state index contributed by atoms with van der Waals surface area (Å²) in [6, 6.07) is 0. The molecule has 0 heterocycles. The molecule has 516 valence electrons. The van der Waals surface area contributed by atoms with Crippen molar-refractivity contribution in [3.05, 3.63) is 0 Å². The zero-order chi connectivity index (χ0) is 64.5. The first-order valence-electron chi connectivity index (χ1n) is 35.4. The SMILES string of the molecule is CCCCCCCCCCCC(=O)OC[C@H](COP(=O)(O)OC[C@H](O)COP(=O)(O)OC[C@@H](COC(=O)CCCCCCCCCCC(C)CC)OC(=O)CCCCCCCCCCCCCCCC(C)C)OC(=O)CCCCCCCCC(C)CC. The van der Waals surface area contributed by atoms with Crippen LogP contribution in [-0.4, -0.2) is 96.7 Å². The summed E-state index contributed by atoms with van der Waals surface area (Å²) in [5.74, 6) is 0.151. The normalized spacial score (nSPS) is 14.9. The summed E-state index contributed by atoms with van der Waals surface area (Å²) in [7, 11) is -9.90. The van der Waals surface area contributed by atoms with Gasteiger partial charge in [-0.2, -0.15) is 0 Å². The predicted octanol–water partition coefficient (Wildman–Crippen LogP) is 19.1. The summed E-state index contributed by atoms with van der Waals surface area (Å²) in [6.45, 7) is 11.8. The average molecular weight is 1280 g/mol.